The van der Waals surface area contributed by atoms with Crippen LogP contribution in [-0.4, -0.2) is 6.54 Å². The van der Waals surface area contributed by atoms with Crippen molar-refractivity contribution in [3.63, 3.8) is 0 Å². The summed E-state index contributed by atoms with van der Waals surface area (Å²) < 4.78 is 0. The zero-order valence-electron chi connectivity index (χ0n) is 8.23. The smallest absolute Gasteiger partial charge is 0.00773 e. The summed E-state index contributed by atoms with van der Waals surface area (Å²) in [4.78, 5) is 0. The van der Waals surface area contributed by atoms with E-state index in [9.17, 15) is 0 Å². The Morgan fingerprint density at radius 2 is 1.42 bits per heavy atom. The summed E-state index contributed by atoms with van der Waals surface area (Å²) in [6.45, 7) is 0.877. The van der Waals surface area contributed by atoms with Crippen LogP contribution in [-0.2, 0) is 0 Å². The van der Waals surface area contributed by atoms with Crippen molar-refractivity contribution in [2.24, 2.45) is 11.7 Å². The van der Waals surface area contributed by atoms with E-state index in [1.807, 2.05) is 0 Å². The van der Waals surface area contributed by atoms with Crippen LogP contribution in [0.1, 0.15) is 57.8 Å². The van der Waals surface area contributed by atoms with Crippen LogP contribution in [0.3, 0.4) is 0 Å². The maximum absolute atomic E-state index is 5.42. The van der Waals surface area contributed by atoms with Crippen LogP contribution in [0.4, 0.5) is 0 Å². The van der Waals surface area contributed by atoms with Crippen molar-refractivity contribution >= 4 is 0 Å². The summed E-state index contributed by atoms with van der Waals surface area (Å²) in [5, 5.41) is 0. The van der Waals surface area contributed by atoms with Gasteiger partial charge in [0.15, 0.2) is 0 Å². The fourth-order valence-corrected chi connectivity index (χ4v) is 1.69. The van der Waals surface area contributed by atoms with Crippen LogP contribution in [0.15, 0.2) is 0 Å². The minimum Gasteiger partial charge on any atom is -0.330 e. The fourth-order valence-electron chi connectivity index (χ4n) is 1.69. The molecule has 0 atom stereocenters. The molecule has 12 heavy (non-hydrogen) atoms. The van der Waals surface area contributed by atoms with Crippen LogP contribution in [0.25, 0.3) is 0 Å². The average molecular weight is 169 g/mol. The van der Waals surface area contributed by atoms with Gasteiger partial charge in [0.2, 0.25) is 0 Å². The molecule has 1 nitrogen and oxygen atoms in total. The second-order valence-electron chi connectivity index (χ2n) is 4.14. The van der Waals surface area contributed by atoms with Gasteiger partial charge in [-0.2, -0.15) is 0 Å². The lowest BCUT2D eigenvalue weighted by Crippen LogP contribution is -1.97. The van der Waals surface area contributed by atoms with Crippen molar-refractivity contribution in [1.29, 1.82) is 0 Å². The number of unbranched alkanes of at least 4 members (excludes halogenated alkanes) is 5. The Hall–Kier alpha value is -0.0400. The van der Waals surface area contributed by atoms with Crippen molar-refractivity contribution in [3.8, 4) is 0 Å². The molecule has 0 spiro atoms. The highest BCUT2D eigenvalue weighted by molar-refractivity contribution is 4.72. The zero-order valence-corrected chi connectivity index (χ0v) is 8.23. The molecule has 0 aromatic rings. The quantitative estimate of drug-likeness (QED) is 0.555. The molecule has 1 rings (SSSR count). The minimum absolute atomic E-state index is 0.877. The molecule has 0 aliphatic heterocycles. The first-order valence-corrected chi connectivity index (χ1v) is 5.63. The predicted octanol–water partition coefficient (Wildman–Crippen LogP) is 3.09. The van der Waals surface area contributed by atoms with E-state index >= 15 is 0 Å². The molecule has 0 radical (unpaired) electrons. The van der Waals surface area contributed by atoms with Crippen LogP contribution >= 0.6 is 0 Å². The third-order valence-electron chi connectivity index (χ3n) is 2.76. The van der Waals surface area contributed by atoms with E-state index in [2.05, 4.69) is 0 Å². The monoisotopic (exact) mass is 169 g/mol. The summed E-state index contributed by atoms with van der Waals surface area (Å²) in [6.07, 6.45) is 12.9. The Balaban J connectivity index is 1.65. The first-order valence-electron chi connectivity index (χ1n) is 5.63. The molecule has 72 valence electrons. The van der Waals surface area contributed by atoms with Crippen molar-refractivity contribution < 1.29 is 0 Å². The van der Waals surface area contributed by atoms with Crippen molar-refractivity contribution in [2.75, 3.05) is 6.54 Å². The lowest BCUT2D eigenvalue weighted by molar-refractivity contribution is 0.563. The molecule has 0 unspecified atom stereocenters. The van der Waals surface area contributed by atoms with Crippen LogP contribution < -0.4 is 5.73 Å². The summed E-state index contributed by atoms with van der Waals surface area (Å²) in [5.41, 5.74) is 5.42. The van der Waals surface area contributed by atoms with E-state index < -0.39 is 0 Å². The van der Waals surface area contributed by atoms with Crippen LogP contribution in [0.5, 0.6) is 0 Å². The van der Waals surface area contributed by atoms with E-state index in [0.29, 0.717) is 0 Å². The molecule has 1 saturated carbocycles. The largest absolute Gasteiger partial charge is 0.330 e. The predicted molar refractivity (Wildman–Crippen MR) is 54.1 cm³/mol. The lowest BCUT2D eigenvalue weighted by atomic mass is 10.1. The molecule has 0 saturated heterocycles. The molecule has 1 heteroatoms. The van der Waals surface area contributed by atoms with Gasteiger partial charge in [0.25, 0.3) is 0 Å². The Labute approximate surface area is 76.7 Å². The van der Waals surface area contributed by atoms with Crippen molar-refractivity contribution in [1.82, 2.24) is 0 Å². The molecular formula is C11H23N. The molecule has 2 N–H and O–H groups in total. The third kappa shape index (κ3) is 5.59. The molecule has 1 fully saturated rings. The van der Waals surface area contributed by atoms with Gasteiger partial charge in [-0.1, -0.05) is 51.4 Å². The topological polar surface area (TPSA) is 26.0 Å². The van der Waals surface area contributed by atoms with Gasteiger partial charge < -0.3 is 5.73 Å². The highest BCUT2D eigenvalue weighted by Crippen LogP contribution is 2.34. The van der Waals surface area contributed by atoms with Gasteiger partial charge in [0.05, 0.1) is 0 Å². The lowest BCUT2D eigenvalue weighted by Gasteiger charge is -1.99. The maximum atomic E-state index is 5.42. The minimum atomic E-state index is 0.877. The van der Waals surface area contributed by atoms with Crippen LogP contribution in [0, 0.1) is 5.92 Å². The van der Waals surface area contributed by atoms with E-state index in [1.54, 1.807) is 0 Å². The standard InChI is InChI=1S/C11H23N/c12-10-6-4-2-1-3-5-7-11-8-9-11/h11H,1-10,12H2. The van der Waals surface area contributed by atoms with E-state index in [1.165, 1.54) is 57.8 Å². The Morgan fingerprint density at radius 1 is 0.833 bits per heavy atom. The van der Waals surface area contributed by atoms with E-state index in [0.717, 1.165) is 12.5 Å². The van der Waals surface area contributed by atoms with Gasteiger partial charge in [-0.15, -0.1) is 0 Å². The zero-order chi connectivity index (χ0) is 8.65. The molecule has 1 aliphatic carbocycles. The first kappa shape index (κ1) is 10.0. The van der Waals surface area contributed by atoms with Crippen LogP contribution in [0.2, 0.25) is 0 Å². The Morgan fingerprint density at radius 3 is 2.00 bits per heavy atom. The molecule has 0 amide bonds. The SMILES string of the molecule is NCCCCCCCCC1CC1. The van der Waals surface area contributed by atoms with E-state index in [-0.39, 0.29) is 0 Å². The van der Waals surface area contributed by atoms with Gasteiger partial charge in [0, 0.05) is 0 Å². The van der Waals surface area contributed by atoms with Gasteiger partial charge in [0.1, 0.15) is 0 Å². The summed E-state index contributed by atoms with van der Waals surface area (Å²) >= 11 is 0. The highest BCUT2D eigenvalue weighted by Gasteiger charge is 2.19. The Kier molecular flexibility index (Phi) is 5.42. The molecule has 0 aromatic heterocycles. The number of hydrogen-bond donors (Lipinski definition) is 1. The number of rotatable bonds is 8. The molecule has 0 aromatic carbocycles. The fraction of sp³-hybridized carbons (Fsp3) is 1.00. The maximum Gasteiger partial charge on any atom is -0.00773 e. The van der Waals surface area contributed by atoms with Gasteiger partial charge in [-0.3, -0.25) is 0 Å². The average Bonchev–Trinajstić information content (AvgIpc) is 2.87. The van der Waals surface area contributed by atoms with Crippen molar-refractivity contribution in [2.45, 2.75) is 57.8 Å². The second-order valence-corrected chi connectivity index (χ2v) is 4.14. The molecular weight excluding hydrogens is 146 g/mol. The van der Waals surface area contributed by atoms with Gasteiger partial charge in [-0.25, -0.2) is 0 Å². The van der Waals surface area contributed by atoms with Gasteiger partial charge >= 0.3 is 0 Å². The molecule has 0 heterocycles. The number of hydrogen-bond acceptors (Lipinski definition) is 1. The third-order valence-corrected chi connectivity index (χ3v) is 2.76. The second kappa shape index (κ2) is 6.47. The summed E-state index contributed by atoms with van der Waals surface area (Å²) in [7, 11) is 0. The van der Waals surface area contributed by atoms with Gasteiger partial charge in [-0.05, 0) is 18.9 Å². The molecule has 0 bridgehead atoms. The summed E-state index contributed by atoms with van der Waals surface area (Å²) in [6, 6.07) is 0. The first-order chi connectivity index (χ1) is 5.93. The number of nitrogens with two attached hydrogens (primary N) is 1. The summed E-state index contributed by atoms with van der Waals surface area (Å²) in [5.74, 6) is 1.13. The van der Waals surface area contributed by atoms with E-state index in [4.69, 9.17) is 5.73 Å². The normalized spacial score (nSPS) is 16.8. The molecule has 1 aliphatic rings. The Bertz CT molecular complexity index is 97.2. The highest BCUT2D eigenvalue weighted by atomic mass is 14.5. The van der Waals surface area contributed by atoms with Crippen molar-refractivity contribution in [3.05, 3.63) is 0 Å².